The molecule has 0 radical (unpaired) electrons. The number of carbonyl (C=O) groups excluding carboxylic acids is 3. The van der Waals surface area contributed by atoms with Crippen molar-refractivity contribution in [3.05, 3.63) is 161 Å². The topological polar surface area (TPSA) is 78.5 Å². The average Bonchev–Trinajstić information content (AvgIpc) is 3.25. The molecule has 0 bridgehead atoms. The minimum Gasteiger partial charge on any atom is -0.321 e. The predicted molar refractivity (Wildman–Crippen MR) is 186 cm³/mol. The molecule has 228 valence electrons. The van der Waals surface area contributed by atoms with E-state index in [2.05, 4.69) is 22.8 Å². The summed E-state index contributed by atoms with van der Waals surface area (Å²) in [6, 6.07) is 40.0. The van der Waals surface area contributed by atoms with E-state index in [9.17, 15) is 14.4 Å². The van der Waals surface area contributed by atoms with E-state index in [0.29, 0.717) is 11.3 Å². The maximum Gasteiger partial charge on any atom is 0.272 e. The molecule has 0 aliphatic carbocycles. The maximum atomic E-state index is 13.8. The quantitative estimate of drug-likeness (QED) is 0.136. The van der Waals surface area contributed by atoms with E-state index in [0.717, 1.165) is 51.4 Å². The van der Waals surface area contributed by atoms with Crippen LogP contribution in [-0.4, -0.2) is 23.5 Å². The Morgan fingerprint density at radius 1 is 0.739 bits per heavy atom. The van der Waals surface area contributed by atoms with Crippen molar-refractivity contribution < 1.29 is 14.4 Å². The van der Waals surface area contributed by atoms with Gasteiger partial charge in [-0.3, -0.25) is 19.3 Å². The van der Waals surface area contributed by atoms with Crippen LogP contribution in [0.15, 0.2) is 138 Å². The van der Waals surface area contributed by atoms with Crippen LogP contribution in [0, 0.1) is 6.92 Å². The molecule has 0 atom stereocenters. The van der Waals surface area contributed by atoms with Gasteiger partial charge in [-0.25, -0.2) is 0 Å². The van der Waals surface area contributed by atoms with E-state index >= 15 is 0 Å². The normalized spacial score (nSPS) is 12.4. The van der Waals surface area contributed by atoms with Gasteiger partial charge in [-0.15, -0.1) is 11.8 Å². The van der Waals surface area contributed by atoms with Gasteiger partial charge in [0.15, 0.2) is 0 Å². The van der Waals surface area contributed by atoms with Crippen LogP contribution in [-0.2, 0) is 22.4 Å². The number of fused-ring (bicyclic) bond motifs is 2. The van der Waals surface area contributed by atoms with Crippen molar-refractivity contribution in [2.45, 2.75) is 24.7 Å². The van der Waals surface area contributed by atoms with Gasteiger partial charge in [0.2, 0.25) is 5.91 Å². The maximum absolute atomic E-state index is 13.8. The molecule has 0 aromatic heterocycles. The van der Waals surface area contributed by atoms with Crippen LogP contribution in [0.4, 0.5) is 17.1 Å². The lowest BCUT2D eigenvalue weighted by Crippen LogP contribution is -2.30. The fraction of sp³-hybridized carbons (Fsp3) is 0.103. The molecular weight excluding hydrogens is 591 g/mol. The molecular formula is C39H33N3O3S. The number of nitrogens with zero attached hydrogens (tertiary/aromatic N) is 1. The van der Waals surface area contributed by atoms with Crippen LogP contribution in [0.2, 0.25) is 0 Å². The molecule has 6 rings (SSSR count). The van der Waals surface area contributed by atoms with Crippen molar-refractivity contribution in [1.29, 1.82) is 0 Å². The lowest BCUT2D eigenvalue weighted by atomic mass is 10.0. The first-order valence-electron chi connectivity index (χ1n) is 15.1. The minimum absolute atomic E-state index is 0.0202. The van der Waals surface area contributed by atoms with Crippen LogP contribution in [0.25, 0.3) is 6.08 Å². The second kappa shape index (κ2) is 14.1. The summed E-state index contributed by atoms with van der Waals surface area (Å²) in [6.07, 6.45) is 3.40. The Morgan fingerprint density at radius 2 is 1.37 bits per heavy atom. The number of para-hydroxylation sites is 2. The molecule has 1 heterocycles. The van der Waals surface area contributed by atoms with Crippen molar-refractivity contribution in [3.8, 4) is 0 Å². The molecule has 0 saturated heterocycles. The molecule has 1 aliphatic heterocycles. The SMILES string of the molecule is Cc1ccc(/C=C(\NC(=O)c2ccccc2)C(=O)Nc2cccc(SCC(=O)N3c4ccccc4CCc4ccccc43)c2)cc1. The van der Waals surface area contributed by atoms with Crippen molar-refractivity contribution in [1.82, 2.24) is 5.32 Å². The highest BCUT2D eigenvalue weighted by Crippen LogP contribution is 2.37. The zero-order valence-electron chi connectivity index (χ0n) is 25.4. The molecule has 2 N–H and O–H groups in total. The Morgan fingerprint density at radius 3 is 2.04 bits per heavy atom. The van der Waals surface area contributed by atoms with Gasteiger partial charge in [0, 0.05) is 16.1 Å². The summed E-state index contributed by atoms with van der Waals surface area (Å²) in [4.78, 5) is 43.0. The molecule has 1 aliphatic rings. The van der Waals surface area contributed by atoms with Crippen LogP contribution in [0.3, 0.4) is 0 Å². The Hall–Kier alpha value is -5.40. The fourth-order valence-corrected chi connectivity index (χ4v) is 6.20. The van der Waals surface area contributed by atoms with Gasteiger partial charge in [0.25, 0.3) is 11.8 Å². The number of hydrogen-bond acceptors (Lipinski definition) is 4. The minimum atomic E-state index is -0.458. The number of anilines is 3. The number of rotatable bonds is 8. The third-order valence-corrected chi connectivity index (χ3v) is 8.73. The lowest BCUT2D eigenvalue weighted by Gasteiger charge is -2.25. The molecule has 0 fully saturated rings. The zero-order valence-corrected chi connectivity index (χ0v) is 26.2. The van der Waals surface area contributed by atoms with Crippen LogP contribution >= 0.6 is 11.8 Å². The number of aryl methyl sites for hydroxylation is 3. The third-order valence-electron chi connectivity index (χ3n) is 7.75. The molecule has 6 nitrogen and oxygen atoms in total. The largest absolute Gasteiger partial charge is 0.321 e. The van der Waals surface area contributed by atoms with Crippen LogP contribution in [0.1, 0.15) is 32.6 Å². The summed E-state index contributed by atoms with van der Waals surface area (Å²) >= 11 is 1.41. The first-order valence-corrected chi connectivity index (χ1v) is 16.1. The van der Waals surface area contributed by atoms with E-state index in [1.54, 1.807) is 36.4 Å². The van der Waals surface area contributed by atoms with E-state index in [-0.39, 0.29) is 23.3 Å². The third kappa shape index (κ3) is 7.28. The highest BCUT2D eigenvalue weighted by Gasteiger charge is 2.25. The van der Waals surface area contributed by atoms with Gasteiger partial charge in [-0.1, -0.05) is 90.5 Å². The van der Waals surface area contributed by atoms with Gasteiger partial charge >= 0.3 is 0 Å². The van der Waals surface area contributed by atoms with E-state index in [4.69, 9.17) is 0 Å². The van der Waals surface area contributed by atoms with Crippen LogP contribution in [0.5, 0.6) is 0 Å². The smallest absolute Gasteiger partial charge is 0.272 e. The standard InChI is InChI=1S/C39H33N3O3S/c1-27-18-20-28(21-19-27)24-34(41-38(44)31-12-3-2-4-13-31)39(45)40-32-14-9-15-33(25-32)46-26-37(43)42-35-16-7-5-10-29(35)22-23-30-11-6-8-17-36(30)42/h2-21,24-25H,22-23,26H2,1H3,(H,40,45)(H,41,44)/b34-24-. The number of amides is 3. The van der Waals surface area contributed by atoms with Gasteiger partial charge in [-0.2, -0.15) is 0 Å². The average molecular weight is 624 g/mol. The molecule has 0 saturated carbocycles. The summed E-state index contributed by atoms with van der Waals surface area (Å²) in [5.74, 6) is -0.645. The highest BCUT2D eigenvalue weighted by molar-refractivity contribution is 8.00. The van der Waals surface area contributed by atoms with Crippen molar-refractivity contribution in [3.63, 3.8) is 0 Å². The van der Waals surface area contributed by atoms with Gasteiger partial charge in [0.1, 0.15) is 5.70 Å². The number of carbonyl (C=O) groups is 3. The highest BCUT2D eigenvalue weighted by atomic mass is 32.2. The van der Waals surface area contributed by atoms with Crippen molar-refractivity contribution >= 4 is 52.6 Å². The van der Waals surface area contributed by atoms with Gasteiger partial charge < -0.3 is 10.6 Å². The molecule has 7 heteroatoms. The number of benzene rings is 5. The second-order valence-corrected chi connectivity index (χ2v) is 12.1. The Balaban J connectivity index is 1.19. The molecule has 0 spiro atoms. The number of nitrogens with one attached hydrogen (secondary N) is 2. The summed E-state index contributed by atoms with van der Waals surface area (Å²) in [6.45, 7) is 1.99. The summed E-state index contributed by atoms with van der Waals surface area (Å²) in [5, 5.41) is 5.71. The van der Waals surface area contributed by atoms with E-state index in [1.807, 2.05) is 96.8 Å². The summed E-state index contributed by atoms with van der Waals surface area (Å²) < 4.78 is 0. The van der Waals surface area contributed by atoms with Gasteiger partial charge in [-0.05, 0) is 85.0 Å². The van der Waals surface area contributed by atoms with E-state index < -0.39 is 5.91 Å². The Kier molecular flexibility index (Phi) is 9.41. The summed E-state index contributed by atoms with van der Waals surface area (Å²) in [7, 11) is 0. The summed E-state index contributed by atoms with van der Waals surface area (Å²) in [5.41, 5.74) is 7.13. The molecule has 3 amide bonds. The lowest BCUT2D eigenvalue weighted by molar-refractivity contribution is -0.115. The zero-order chi connectivity index (χ0) is 31.9. The number of thioether (sulfide) groups is 1. The molecule has 5 aromatic carbocycles. The van der Waals surface area contributed by atoms with E-state index in [1.165, 1.54) is 11.8 Å². The predicted octanol–water partition coefficient (Wildman–Crippen LogP) is 7.96. The molecule has 46 heavy (non-hydrogen) atoms. The Labute approximate surface area is 273 Å². The van der Waals surface area contributed by atoms with Crippen molar-refractivity contribution in [2.75, 3.05) is 16.0 Å². The van der Waals surface area contributed by atoms with Gasteiger partial charge in [0.05, 0.1) is 17.1 Å². The Bertz CT molecular complexity index is 1870. The van der Waals surface area contributed by atoms with Crippen LogP contribution < -0.4 is 15.5 Å². The fourth-order valence-electron chi connectivity index (χ4n) is 5.39. The van der Waals surface area contributed by atoms with Crippen molar-refractivity contribution in [2.24, 2.45) is 0 Å². The molecule has 0 unspecified atom stereocenters. The monoisotopic (exact) mass is 623 g/mol. The first kappa shape index (κ1) is 30.6. The second-order valence-electron chi connectivity index (χ2n) is 11.0. The first-order chi connectivity index (χ1) is 22.4. The number of hydrogen-bond donors (Lipinski definition) is 2. The molecule has 5 aromatic rings.